The molecule has 0 aliphatic carbocycles. The van der Waals surface area contributed by atoms with E-state index in [4.69, 9.17) is 21.1 Å². The van der Waals surface area contributed by atoms with Crippen LogP contribution in [0.15, 0.2) is 42.5 Å². The van der Waals surface area contributed by atoms with E-state index >= 15 is 0 Å². The molecule has 2 unspecified atom stereocenters. The molecule has 3 aliphatic heterocycles. The highest BCUT2D eigenvalue weighted by Gasteiger charge is 2.77. The van der Waals surface area contributed by atoms with E-state index in [1.807, 2.05) is 6.07 Å². The second-order valence-corrected chi connectivity index (χ2v) is 10.4. The number of nitrogens with zero attached hydrogens (tertiary/aromatic N) is 4. The number of aliphatic hydroxyl groups is 1. The molecule has 3 saturated heterocycles. The lowest BCUT2D eigenvalue weighted by Gasteiger charge is -2.33. The van der Waals surface area contributed by atoms with E-state index in [0.717, 1.165) is 0 Å². The van der Waals surface area contributed by atoms with Crippen molar-refractivity contribution in [2.24, 2.45) is 11.8 Å². The van der Waals surface area contributed by atoms with Crippen LogP contribution in [0.4, 0.5) is 5.69 Å². The quantitative estimate of drug-likeness (QED) is 0.402. The van der Waals surface area contributed by atoms with Gasteiger partial charge >= 0.3 is 0 Å². The molecular formula is C27H23ClN4O5. The minimum Gasteiger partial charge on any atom is -0.477 e. The van der Waals surface area contributed by atoms with Crippen LogP contribution in [0, 0.1) is 30.1 Å². The number of amides is 2. The summed E-state index contributed by atoms with van der Waals surface area (Å²) in [5.74, 6) is -1.64. The number of carbonyl (C=O) groups is 2. The molecule has 9 nitrogen and oxygen atoms in total. The second kappa shape index (κ2) is 8.21. The fourth-order valence-corrected chi connectivity index (χ4v) is 6.56. The van der Waals surface area contributed by atoms with Crippen LogP contribution >= 0.6 is 11.6 Å². The minimum atomic E-state index is -1.20. The van der Waals surface area contributed by atoms with Crippen molar-refractivity contribution in [1.29, 1.82) is 5.26 Å². The molecule has 0 radical (unpaired) electrons. The van der Waals surface area contributed by atoms with E-state index in [1.165, 1.54) is 11.0 Å². The number of ether oxygens (including phenoxy) is 2. The Bertz CT molecular complexity index is 1500. The Balaban J connectivity index is 1.35. The van der Waals surface area contributed by atoms with Gasteiger partial charge in [0.15, 0.2) is 0 Å². The van der Waals surface area contributed by atoms with E-state index in [0.29, 0.717) is 33.7 Å². The molecule has 6 rings (SSSR count). The average Bonchev–Trinajstić information content (AvgIpc) is 3.39. The summed E-state index contributed by atoms with van der Waals surface area (Å²) in [6.07, 6.45) is -0.444. The third-order valence-electron chi connectivity index (χ3n) is 7.94. The number of aromatic nitrogens is 2. The Morgan fingerprint density at radius 1 is 1.19 bits per heavy atom. The van der Waals surface area contributed by atoms with Crippen LogP contribution in [0.1, 0.15) is 31.2 Å². The highest BCUT2D eigenvalue weighted by molar-refractivity contribution is 6.29. The molecular weight excluding hydrogens is 496 g/mol. The van der Waals surface area contributed by atoms with E-state index in [9.17, 15) is 20.0 Å². The molecule has 2 bridgehead atoms. The van der Waals surface area contributed by atoms with E-state index < -0.39 is 35.0 Å². The Kier molecular flexibility index (Phi) is 5.28. The van der Waals surface area contributed by atoms with Gasteiger partial charge in [0.05, 0.1) is 47.5 Å². The number of aliphatic hydroxyl groups excluding tert-OH is 1. The summed E-state index contributed by atoms with van der Waals surface area (Å²) in [6, 6.07) is 14.1. The molecule has 3 fully saturated rings. The van der Waals surface area contributed by atoms with Gasteiger partial charge in [0.1, 0.15) is 16.6 Å². The Labute approximate surface area is 217 Å². The molecule has 2 aromatic carbocycles. The maximum Gasteiger partial charge on any atom is 0.240 e. The molecule has 3 aromatic rings. The number of hydrogen-bond donors (Lipinski definition) is 1. The molecule has 1 N–H and O–H groups in total. The van der Waals surface area contributed by atoms with Gasteiger partial charge in [-0.1, -0.05) is 35.9 Å². The second-order valence-electron chi connectivity index (χ2n) is 10.0. The van der Waals surface area contributed by atoms with Gasteiger partial charge in [-0.3, -0.25) is 9.59 Å². The van der Waals surface area contributed by atoms with Gasteiger partial charge < -0.3 is 14.6 Å². The number of benzene rings is 2. The number of hydrogen-bond acceptors (Lipinski definition) is 8. The molecule has 188 valence electrons. The highest BCUT2D eigenvalue weighted by Crippen LogP contribution is 2.62. The maximum absolute atomic E-state index is 14.0. The van der Waals surface area contributed by atoms with Crippen LogP contribution in [0.3, 0.4) is 0 Å². The number of imide groups is 1. The van der Waals surface area contributed by atoms with Crippen LogP contribution in [0.25, 0.3) is 10.8 Å². The van der Waals surface area contributed by atoms with Gasteiger partial charge in [0.25, 0.3) is 0 Å². The van der Waals surface area contributed by atoms with Crippen molar-refractivity contribution in [2.45, 2.75) is 44.0 Å². The monoisotopic (exact) mass is 518 g/mol. The predicted molar refractivity (Wildman–Crippen MR) is 133 cm³/mol. The van der Waals surface area contributed by atoms with E-state index in [2.05, 4.69) is 16.0 Å². The third kappa shape index (κ3) is 3.37. The van der Waals surface area contributed by atoms with Gasteiger partial charge in [-0.2, -0.15) is 10.2 Å². The summed E-state index contributed by atoms with van der Waals surface area (Å²) in [5.41, 5.74) is -1.40. The lowest BCUT2D eigenvalue weighted by Crippen LogP contribution is -2.49. The van der Waals surface area contributed by atoms with Crippen molar-refractivity contribution in [1.82, 2.24) is 9.97 Å². The number of nitriles is 1. The van der Waals surface area contributed by atoms with Gasteiger partial charge in [-0.25, -0.2) is 9.88 Å². The van der Waals surface area contributed by atoms with Crippen molar-refractivity contribution in [3.8, 4) is 11.9 Å². The molecule has 10 heteroatoms. The third-order valence-corrected chi connectivity index (χ3v) is 8.13. The van der Waals surface area contributed by atoms with Crippen LogP contribution in [-0.2, 0) is 14.3 Å². The van der Waals surface area contributed by atoms with Crippen LogP contribution in [0.2, 0.25) is 5.15 Å². The number of rotatable bonds is 5. The summed E-state index contributed by atoms with van der Waals surface area (Å²) in [5, 5.41) is 22.0. The smallest absolute Gasteiger partial charge is 0.240 e. The first-order valence-corrected chi connectivity index (χ1v) is 12.4. The number of aryl methyl sites for hydroxylation is 1. The summed E-state index contributed by atoms with van der Waals surface area (Å²) in [4.78, 5) is 37.2. The summed E-state index contributed by atoms with van der Waals surface area (Å²) < 4.78 is 12.2. The lowest BCUT2D eigenvalue weighted by atomic mass is 9.66. The zero-order valence-corrected chi connectivity index (χ0v) is 20.9. The van der Waals surface area contributed by atoms with Crippen LogP contribution in [0.5, 0.6) is 5.88 Å². The Morgan fingerprint density at radius 2 is 1.92 bits per heavy atom. The first kappa shape index (κ1) is 23.8. The normalized spacial score (nSPS) is 30.1. The fraction of sp³-hybridized carbons (Fsp3) is 0.370. The molecule has 4 heterocycles. The minimum absolute atomic E-state index is 0.139. The van der Waals surface area contributed by atoms with Crippen molar-refractivity contribution in [3.63, 3.8) is 0 Å². The predicted octanol–water partition coefficient (Wildman–Crippen LogP) is 3.33. The zero-order chi connectivity index (χ0) is 26.1. The topological polar surface area (TPSA) is 126 Å². The number of fused-ring (bicyclic) bond motifs is 6. The molecule has 5 atom stereocenters. The summed E-state index contributed by atoms with van der Waals surface area (Å²) in [6.45, 7) is 3.54. The van der Waals surface area contributed by atoms with E-state index in [-0.39, 0.29) is 30.5 Å². The molecule has 3 aliphatic rings. The first-order valence-electron chi connectivity index (χ1n) is 12.0. The van der Waals surface area contributed by atoms with Gasteiger partial charge in [0.2, 0.25) is 17.7 Å². The van der Waals surface area contributed by atoms with Crippen LogP contribution < -0.4 is 9.64 Å². The Morgan fingerprint density at radius 3 is 2.65 bits per heavy atom. The molecule has 0 spiro atoms. The SMILES string of the molecule is Cc1nc(Cl)cc(OCCC23C[C@@H](O)C(C)(O2)[C@H]2C(=O)N(c4ccc(C#N)c5ccccc45)C(=O)[C@H]23)n1. The standard InChI is InChI=1S/C27H23ClN4O5/c1-14-30-20(28)11-21(31-14)36-10-9-27-12-19(33)26(2,37-27)22-23(27)25(35)32(24(22)34)18-8-7-15(13-29)16-5-3-4-6-17(16)18/h3-8,11,19,22-23,33H,9-10,12H2,1-2H3/t19-,22-,23+,26?,27?/m1/s1. The number of halogens is 1. The largest absolute Gasteiger partial charge is 0.477 e. The zero-order valence-electron chi connectivity index (χ0n) is 20.1. The van der Waals surface area contributed by atoms with Crippen molar-refractivity contribution in [3.05, 3.63) is 59.0 Å². The molecule has 37 heavy (non-hydrogen) atoms. The summed E-state index contributed by atoms with van der Waals surface area (Å²) >= 11 is 6.00. The average molecular weight is 519 g/mol. The summed E-state index contributed by atoms with van der Waals surface area (Å²) in [7, 11) is 0. The first-order chi connectivity index (χ1) is 17.7. The molecule has 2 amide bonds. The van der Waals surface area contributed by atoms with Crippen molar-refractivity contribution in [2.75, 3.05) is 11.5 Å². The van der Waals surface area contributed by atoms with Gasteiger partial charge in [-0.15, -0.1) is 0 Å². The van der Waals surface area contributed by atoms with Crippen LogP contribution in [-0.4, -0.2) is 50.8 Å². The highest BCUT2D eigenvalue weighted by atomic mass is 35.5. The number of anilines is 1. The molecule has 1 aromatic heterocycles. The van der Waals surface area contributed by atoms with Gasteiger partial charge in [0, 0.05) is 29.7 Å². The van der Waals surface area contributed by atoms with Crippen molar-refractivity contribution >= 4 is 39.9 Å². The van der Waals surface area contributed by atoms with E-state index in [1.54, 1.807) is 44.2 Å². The van der Waals surface area contributed by atoms with Gasteiger partial charge in [-0.05, 0) is 26.0 Å². The Hall–Kier alpha value is -3.58. The molecule has 0 saturated carbocycles. The maximum atomic E-state index is 14.0. The van der Waals surface area contributed by atoms with Crippen molar-refractivity contribution < 1.29 is 24.2 Å². The number of carbonyl (C=O) groups excluding carboxylic acids is 2. The fourth-order valence-electron chi connectivity index (χ4n) is 6.35. The lowest BCUT2D eigenvalue weighted by molar-refractivity contribution is -0.134.